The summed E-state index contributed by atoms with van der Waals surface area (Å²) in [6, 6.07) is 1.92. The van der Waals surface area contributed by atoms with Crippen molar-refractivity contribution in [2.45, 2.75) is 12.7 Å². The van der Waals surface area contributed by atoms with Crippen LogP contribution in [0.3, 0.4) is 0 Å². The second-order valence-corrected chi connectivity index (χ2v) is 3.48. The molecule has 18 heavy (non-hydrogen) atoms. The topological polar surface area (TPSA) is 56.7 Å². The van der Waals surface area contributed by atoms with Gasteiger partial charge < -0.3 is 5.73 Å². The molecule has 2 aromatic rings. The molecule has 0 saturated carbocycles. The monoisotopic (exact) mass is 260 g/mol. The molecule has 2 N–H and O–H groups in total. The first-order valence-corrected chi connectivity index (χ1v) is 4.89. The van der Waals surface area contributed by atoms with Gasteiger partial charge in [0.25, 0.3) is 0 Å². The lowest BCUT2D eigenvalue weighted by Crippen LogP contribution is -2.11. The highest BCUT2D eigenvalue weighted by molar-refractivity contribution is 5.33. The zero-order valence-corrected chi connectivity index (χ0v) is 8.95. The molecule has 0 atom stereocenters. The average Bonchev–Trinajstić information content (AvgIpc) is 2.77. The molecule has 2 heterocycles. The van der Waals surface area contributed by atoms with E-state index in [4.69, 9.17) is 5.73 Å². The number of hydrogen-bond donors (Lipinski definition) is 1. The fourth-order valence-electron chi connectivity index (χ4n) is 1.42. The maximum Gasteiger partial charge on any atom is 0.435 e. The summed E-state index contributed by atoms with van der Waals surface area (Å²) in [5.41, 5.74) is 4.60. The summed E-state index contributed by atoms with van der Waals surface area (Å²) in [4.78, 5) is 3.69. The van der Waals surface area contributed by atoms with Crippen LogP contribution in [0.25, 0.3) is 5.82 Å². The minimum Gasteiger partial charge on any atom is -0.326 e. The minimum atomic E-state index is -4.53. The SMILES string of the molecule is NCc1cc(F)cnc1-n1ccc(C(F)(F)F)n1. The van der Waals surface area contributed by atoms with Gasteiger partial charge in [-0.15, -0.1) is 0 Å². The Hall–Kier alpha value is -1.96. The summed E-state index contributed by atoms with van der Waals surface area (Å²) in [7, 11) is 0. The molecule has 0 aliphatic rings. The fraction of sp³-hybridized carbons (Fsp3) is 0.200. The van der Waals surface area contributed by atoms with Crippen LogP contribution in [-0.4, -0.2) is 14.8 Å². The van der Waals surface area contributed by atoms with Gasteiger partial charge in [0, 0.05) is 18.3 Å². The number of nitrogens with two attached hydrogens (primary N) is 1. The standard InChI is InChI=1S/C10H8F4N4/c11-7-3-6(4-15)9(16-5-7)18-2-1-8(17-18)10(12,13)14/h1-3,5H,4,15H2. The van der Waals surface area contributed by atoms with Crippen LogP contribution >= 0.6 is 0 Å². The van der Waals surface area contributed by atoms with Crippen LogP contribution in [0.2, 0.25) is 0 Å². The molecule has 0 aromatic carbocycles. The van der Waals surface area contributed by atoms with Gasteiger partial charge in [0.15, 0.2) is 11.5 Å². The van der Waals surface area contributed by atoms with Gasteiger partial charge in [-0.25, -0.2) is 14.1 Å². The van der Waals surface area contributed by atoms with Crippen LogP contribution in [0, 0.1) is 5.82 Å². The van der Waals surface area contributed by atoms with Crippen LogP contribution in [0.5, 0.6) is 0 Å². The summed E-state index contributed by atoms with van der Waals surface area (Å²) in [5, 5.41) is 3.34. The van der Waals surface area contributed by atoms with E-state index in [0.717, 1.165) is 29.2 Å². The fourth-order valence-corrected chi connectivity index (χ4v) is 1.42. The molecule has 2 aromatic heterocycles. The third-order valence-corrected chi connectivity index (χ3v) is 2.23. The van der Waals surface area contributed by atoms with E-state index in [1.165, 1.54) is 0 Å². The summed E-state index contributed by atoms with van der Waals surface area (Å²) in [6.07, 6.45) is -2.54. The smallest absolute Gasteiger partial charge is 0.326 e. The lowest BCUT2D eigenvalue weighted by atomic mass is 10.2. The van der Waals surface area contributed by atoms with E-state index in [0.29, 0.717) is 0 Å². The third kappa shape index (κ3) is 2.33. The maximum absolute atomic E-state index is 12.9. The Morgan fingerprint density at radius 3 is 2.61 bits per heavy atom. The Bertz CT molecular complexity index is 561. The highest BCUT2D eigenvalue weighted by atomic mass is 19.4. The molecule has 96 valence electrons. The largest absolute Gasteiger partial charge is 0.435 e. The molecule has 0 aliphatic heterocycles. The Morgan fingerprint density at radius 2 is 2.06 bits per heavy atom. The van der Waals surface area contributed by atoms with Gasteiger partial charge >= 0.3 is 6.18 Å². The second kappa shape index (κ2) is 4.37. The molecule has 0 fully saturated rings. The zero-order valence-electron chi connectivity index (χ0n) is 8.95. The maximum atomic E-state index is 12.9. The summed E-state index contributed by atoms with van der Waals surface area (Å²) in [6.45, 7) is -0.0543. The quantitative estimate of drug-likeness (QED) is 0.839. The number of hydrogen-bond acceptors (Lipinski definition) is 3. The van der Waals surface area contributed by atoms with E-state index in [2.05, 4.69) is 10.1 Å². The highest BCUT2D eigenvalue weighted by Crippen LogP contribution is 2.28. The van der Waals surface area contributed by atoms with Crippen molar-refractivity contribution in [3.05, 3.63) is 41.6 Å². The van der Waals surface area contributed by atoms with Crippen LogP contribution in [0.4, 0.5) is 17.6 Å². The van der Waals surface area contributed by atoms with Crippen molar-refractivity contribution < 1.29 is 17.6 Å². The van der Waals surface area contributed by atoms with Gasteiger partial charge in [0.1, 0.15) is 5.82 Å². The van der Waals surface area contributed by atoms with E-state index >= 15 is 0 Å². The molecule has 0 bridgehead atoms. The van der Waals surface area contributed by atoms with Gasteiger partial charge in [-0.1, -0.05) is 0 Å². The number of rotatable bonds is 2. The third-order valence-electron chi connectivity index (χ3n) is 2.23. The van der Waals surface area contributed by atoms with Crippen LogP contribution in [-0.2, 0) is 12.7 Å². The van der Waals surface area contributed by atoms with Crippen LogP contribution in [0.1, 0.15) is 11.3 Å². The second-order valence-electron chi connectivity index (χ2n) is 3.48. The molecular formula is C10H8F4N4. The molecular weight excluding hydrogens is 252 g/mol. The van der Waals surface area contributed by atoms with E-state index in [1.54, 1.807) is 0 Å². The summed E-state index contributed by atoms with van der Waals surface area (Å²) in [5.74, 6) is -0.531. The Morgan fingerprint density at radius 1 is 1.33 bits per heavy atom. The molecule has 8 heteroatoms. The minimum absolute atomic E-state index is 0.0543. The highest BCUT2D eigenvalue weighted by Gasteiger charge is 2.33. The van der Waals surface area contributed by atoms with E-state index in [1.807, 2.05) is 0 Å². The van der Waals surface area contributed by atoms with Crippen molar-refractivity contribution >= 4 is 0 Å². The van der Waals surface area contributed by atoms with Gasteiger partial charge in [0.2, 0.25) is 0 Å². The van der Waals surface area contributed by atoms with Crippen molar-refractivity contribution in [3.63, 3.8) is 0 Å². The molecule has 0 spiro atoms. The predicted octanol–water partition coefficient (Wildman–Crippen LogP) is 1.88. The molecule has 0 saturated heterocycles. The lowest BCUT2D eigenvalue weighted by Gasteiger charge is -2.06. The van der Waals surface area contributed by atoms with Gasteiger partial charge in [-0.05, 0) is 12.1 Å². The van der Waals surface area contributed by atoms with E-state index in [-0.39, 0.29) is 17.9 Å². The van der Waals surface area contributed by atoms with Crippen LogP contribution < -0.4 is 5.73 Å². The predicted molar refractivity (Wildman–Crippen MR) is 54.2 cm³/mol. The number of aromatic nitrogens is 3. The Kier molecular flexibility index (Phi) is 3.04. The Balaban J connectivity index is 2.46. The molecule has 4 nitrogen and oxygen atoms in total. The van der Waals surface area contributed by atoms with Crippen molar-refractivity contribution in [2.24, 2.45) is 5.73 Å². The van der Waals surface area contributed by atoms with Crippen LogP contribution in [0.15, 0.2) is 24.5 Å². The van der Waals surface area contributed by atoms with Gasteiger partial charge in [-0.2, -0.15) is 18.3 Å². The van der Waals surface area contributed by atoms with Crippen molar-refractivity contribution in [1.29, 1.82) is 0 Å². The van der Waals surface area contributed by atoms with E-state index in [9.17, 15) is 17.6 Å². The normalized spacial score (nSPS) is 11.8. The first-order valence-electron chi connectivity index (χ1n) is 4.89. The first-order chi connectivity index (χ1) is 8.41. The molecule has 2 rings (SSSR count). The van der Waals surface area contributed by atoms with Crippen molar-refractivity contribution in [3.8, 4) is 5.82 Å². The number of halogens is 4. The summed E-state index contributed by atoms with van der Waals surface area (Å²) >= 11 is 0. The first kappa shape index (κ1) is 12.5. The molecule has 0 radical (unpaired) electrons. The van der Waals surface area contributed by atoms with Gasteiger partial charge in [0.05, 0.1) is 6.20 Å². The average molecular weight is 260 g/mol. The lowest BCUT2D eigenvalue weighted by molar-refractivity contribution is -0.141. The summed E-state index contributed by atoms with van der Waals surface area (Å²) < 4.78 is 51.0. The molecule has 0 aliphatic carbocycles. The number of alkyl halides is 3. The zero-order chi connectivity index (χ0) is 13.3. The number of nitrogens with zero attached hydrogens (tertiary/aromatic N) is 3. The van der Waals surface area contributed by atoms with Crippen molar-refractivity contribution in [1.82, 2.24) is 14.8 Å². The number of pyridine rings is 1. The Labute approximate surface area is 99.0 Å². The van der Waals surface area contributed by atoms with Gasteiger partial charge in [-0.3, -0.25) is 0 Å². The molecule has 0 amide bonds. The van der Waals surface area contributed by atoms with E-state index < -0.39 is 17.7 Å². The molecule has 0 unspecified atom stereocenters. The van der Waals surface area contributed by atoms with Crippen molar-refractivity contribution in [2.75, 3.05) is 0 Å².